The molecule has 2 nitrogen and oxygen atoms in total. The Morgan fingerprint density at radius 1 is 1.14 bits per heavy atom. The van der Waals surface area contributed by atoms with Crippen LogP contribution in [0.2, 0.25) is 0 Å². The Morgan fingerprint density at radius 3 is 2.29 bits per heavy atom. The van der Waals surface area contributed by atoms with Crippen molar-refractivity contribution in [1.82, 2.24) is 10.2 Å². The zero-order chi connectivity index (χ0) is 10.4. The molecule has 14 heavy (non-hydrogen) atoms. The molecule has 0 aromatic rings. The molecule has 0 aromatic carbocycles. The molecule has 0 radical (unpaired) electrons. The average molecular weight is 198 g/mol. The van der Waals surface area contributed by atoms with Crippen LogP contribution in [0.25, 0.3) is 0 Å². The van der Waals surface area contributed by atoms with Crippen molar-refractivity contribution in [2.24, 2.45) is 5.92 Å². The Hall–Kier alpha value is -0.0800. The Morgan fingerprint density at radius 2 is 1.79 bits per heavy atom. The van der Waals surface area contributed by atoms with Gasteiger partial charge in [-0.3, -0.25) is 0 Å². The van der Waals surface area contributed by atoms with Gasteiger partial charge >= 0.3 is 0 Å². The summed E-state index contributed by atoms with van der Waals surface area (Å²) in [5.41, 5.74) is 0. The van der Waals surface area contributed by atoms with Crippen LogP contribution in [-0.2, 0) is 0 Å². The van der Waals surface area contributed by atoms with Crippen LogP contribution < -0.4 is 5.32 Å². The van der Waals surface area contributed by atoms with Gasteiger partial charge < -0.3 is 10.2 Å². The predicted molar refractivity (Wildman–Crippen MR) is 62.6 cm³/mol. The fraction of sp³-hybridized carbons (Fsp3) is 1.00. The smallest absolute Gasteiger partial charge is 0.0101 e. The number of nitrogens with zero attached hydrogens (tertiary/aromatic N) is 1. The van der Waals surface area contributed by atoms with Gasteiger partial charge in [-0.15, -0.1) is 0 Å². The molecule has 0 saturated heterocycles. The van der Waals surface area contributed by atoms with Crippen molar-refractivity contribution < 1.29 is 0 Å². The molecular formula is C12H26N2. The predicted octanol–water partition coefficient (Wildman–Crippen LogP) is 2.11. The van der Waals surface area contributed by atoms with E-state index < -0.39 is 0 Å². The largest absolute Gasteiger partial charge is 0.313 e. The Bertz CT molecular complexity index is 137. The van der Waals surface area contributed by atoms with Gasteiger partial charge in [0, 0.05) is 19.1 Å². The van der Waals surface area contributed by atoms with E-state index in [4.69, 9.17) is 0 Å². The summed E-state index contributed by atoms with van der Waals surface area (Å²) < 4.78 is 0. The summed E-state index contributed by atoms with van der Waals surface area (Å²) in [6.07, 6.45) is 7.05. The van der Waals surface area contributed by atoms with Crippen molar-refractivity contribution in [3.63, 3.8) is 0 Å². The lowest BCUT2D eigenvalue weighted by Crippen LogP contribution is -2.37. The van der Waals surface area contributed by atoms with Crippen LogP contribution in [0.1, 0.15) is 39.0 Å². The average Bonchev–Trinajstić information content (AvgIpc) is 2.18. The molecule has 0 unspecified atom stereocenters. The van der Waals surface area contributed by atoms with E-state index in [1.165, 1.54) is 32.1 Å². The summed E-state index contributed by atoms with van der Waals surface area (Å²) in [7, 11) is 4.27. The normalized spacial score (nSPS) is 28.3. The van der Waals surface area contributed by atoms with Crippen LogP contribution in [0, 0.1) is 5.92 Å². The number of rotatable bonds is 5. The molecule has 1 N–H and O–H groups in total. The summed E-state index contributed by atoms with van der Waals surface area (Å²) in [6, 6.07) is 0.803. The summed E-state index contributed by atoms with van der Waals surface area (Å²) in [5, 5.41) is 3.66. The molecule has 0 aliphatic heterocycles. The van der Waals surface area contributed by atoms with Gasteiger partial charge in [0.2, 0.25) is 0 Å². The first-order valence-electron chi connectivity index (χ1n) is 6.10. The second-order valence-electron chi connectivity index (χ2n) is 4.88. The van der Waals surface area contributed by atoms with E-state index in [2.05, 4.69) is 31.2 Å². The van der Waals surface area contributed by atoms with E-state index in [1.807, 2.05) is 0 Å². The Kier molecular flexibility index (Phi) is 5.49. The number of hydrogen-bond donors (Lipinski definition) is 1. The van der Waals surface area contributed by atoms with E-state index in [9.17, 15) is 0 Å². The zero-order valence-electron chi connectivity index (χ0n) is 10.1. The van der Waals surface area contributed by atoms with Crippen LogP contribution in [0.4, 0.5) is 0 Å². The first-order chi connectivity index (χ1) is 6.72. The van der Waals surface area contributed by atoms with E-state index in [-0.39, 0.29) is 0 Å². The standard InChI is InChI=1S/C12H26N2/c1-4-11-5-7-12(8-6-11)13-9-10-14(2)3/h11-13H,4-10H2,1-3H3. The van der Waals surface area contributed by atoms with Crippen molar-refractivity contribution in [2.45, 2.75) is 45.1 Å². The summed E-state index contributed by atoms with van der Waals surface area (Å²) >= 11 is 0. The zero-order valence-corrected chi connectivity index (χ0v) is 10.1. The number of likely N-dealkylation sites (N-methyl/N-ethyl adjacent to an activating group) is 1. The fourth-order valence-corrected chi connectivity index (χ4v) is 2.27. The minimum Gasteiger partial charge on any atom is -0.313 e. The highest BCUT2D eigenvalue weighted by atomic mass is 15.1. The highest BCUT2D eigenvalue weighted by molar-refractivity contribution is 4.76. The van der Waals surface area contributed by atoms with E-state index >= 15 is 0 Å². The summed E-state index contributed by atoms with van der Waals surface area (Å²) in [6.45, 7) is 4.63. The van der Waals surface area contributed by atoms with Crippen LogP contribution in [0.15, 0.2) is 0 Å². The molecule has 2 heteroatoms. The third-order valence-corrected chi connectivity index (χ3v) is 3.42. The Balaban J connectivity index is 2.04. The molecule has 1 saturated carbocycles. The topological polar surface area (TPSA) is 15.3 Å². The van der Waals surface area contributed by atoms with Gasteiger partial charge in [-0.25, -0.2) is 0 Å². The minimum atomic E-state index is 0.803. The Labute approximate surface area is 89.1 Å². The van der Waals surface area contributed by atoms with E-state index in [1.54, 1.807) is 0 Å². The molecular weight excluding hydrogens is 172 g/mol. The van der Waals surface area contributed by atoms with Crippen molar-refractivity contribution >= 4 is 0 Å². The highest BCUT2D eigenvalue weighted by Crippen LogP contribution is 2.26. The monoisotopic (exact) mass is 198 g/mol. The van der Waals surface area contributed by atoms with Crippen LogP contribution in [0.5, 0.6) is 0 Å². The minimum absolute atomic E-state index is 0.803. The van der Waals surface area contributed by atoms with Gasteiger partial charge in [0.05, 0.1) is 0 Å². The molecule has 1 aliphatic rings. The van der Waals surface area contributed by atoms with Crippen molar-refractivity contribution in [1.29, 1.82) is 0 Å². The SMILES string of the molecule is CCC1CCC(NCCN(C)C)CC1. The highest BCUT2D eigenvalue weighted by Gasteiger charge is 2.18. The molecule has 0 heterocycles. The second-order valence-corrected chi connectivity index (χ2v) is 4.88. The maximum Gasteiger partial charge on any atom is 0.0101 e. The lowest BCUT2D eigenvalue weighted by atomic mass is 9.84. The first kappa shape index (κ1) is 12.0. The van der Waals surface area contributed by atoms with E-state index in [0.717, 1.165) is 25.0 Å². The second kappa shape index (κ2) is 6.41. The number of nitrogens with one attached hydrogen (secondary N) is 1. The van der Waals surface area contributed by atoms with Gasteiger partial charge in [-0.1, -0.05) is 13.3 Å². The fourth-order valence-electron chi connectivity index (χ4n) is 2.27. The molecule has 1 aliphatic carbocycles. The van der Waals surface area contributed by atoms with Gasteiger partial charge in [-0.2, -0.15) is 0 Å². The van der Waals surface area contributed by atoms with Crippen molar-refractivity contribution in [3.05, 3.63) is 0 Å². The molecule has 0 atom stereocenters. The maximum atomic E-state index is 3.66. The maximum absolute atomic E-state index is 3.66. The molecule has 0 bridgehead atoms. The molecule has 84 valence electrons. The van der Waals surface area contributed by atoms with E-state index in [0.29, 0.717) is 0 Å². The first-order valence-corrected chi connectivity index (χ1v) is 6.10. The molecule has 0 aromatic heterocycles. The van der Waals surface area contributed by atoms with Crippen LogP contribution in [0.3, 0.4) is 0 Å². The van der Waals surface area contributed by atoms with Gasteiger partial charge in [-0.05, 0) is 45.7 Å². The quantitative estimate of drug-likeness (QED) is 0.728. The third kappa shape index (κ3) is 4.43. The summed E-state index contributed by atoms with van der Waals surface area (Å²) in [4.78, 5) is 2.24. The molecule has 1 rings (SSSR count). The lowest BCUT2D eigenvalue weighted by Gasteiger charge is -2.28. The van der Waals surface area contributed by atoms with Gasteiger partial charge in [0.15, 0.2) is 0 Å². The third-order valence-electron chi connectivity index (χ3n) is 3.42. The molecule has 1 fully saturated rings. The van der Waals surface area contributed by atoms with Gasteiger partial charge in [0.25, 0.3) is 0 Å². The number of hydrogen-bond acceptors (Lipinski definition) is 2. The van der Waals surface area contributed by atoms with Crippen molar-refractivity contribution in [2.75, 3.05) is 27.2 Å². The summed E-state index contributed by atoms with van der Waals surface area (Å²) in [5.74, 6) is 1.02. The van der Waals surface area contributed by atoms with Crippen LogP contribution in [-0.4, -0.2) is 38.1 Å². The van der Waals surface area contributed by atoms with Crippen LogP contribution >= 0.6 is 0 Å². The van der Waals surface area contributed by atoms with Gasteiger partial charge in [0.1, 0.15) is 0 Å². The molecule has 0 amide bonds. The lowest BCUT2D eigenvalue weighted by molar-refractivity contribution is 0.278. The molecule has 0 spiro atoms. The van der Waals surface area contributed by atoms with Crippen molar-refractivity contribution in [3.8, 4) is 0 Å².